The van der Waals surface area contributed by atoms with Crippen LogP contribution in [-0.2, 0) is 10.0 Å². The summed E-state index contributed by atoms with van der Waals surface area (Å²) in [5.41, 5.74) is 0.402. The van der Waals surface area contributed by atoms with Crippen LogP contribution in [0.1, 0.15) is 51.6 Å². The molecule has 2 atom stereocenters. The normalized spacial score (nSPS) is 15.1. The van der Waals surface area contributed by atoms with E-state index in [0.29, 0.717) is 18.4 Å². The average molecular weight is 305 g/mol. The van der Waals surface area contributed by atoms with E-state index in [9.17, 15) is 17.2 Å². The molecule has 0 aliphatic carbocycles. The Morgan fingerprint density at radius 3 is 2.35 bits per heavy atom. The van der Waals surface area contributed by atoms with Crippen LogP contribution in [0.4, 0.5) is 8.78 Å². The summed E-state index contributed by atoms with van der Waals surface area (Å²) in [6, 6.07) is 2.80. The van der Waals surface area contributed by atoms with Crippen molar-refractivity contribution in [1.82, 2.24) is 4.72 Å². The zero-order valence-corrected chi connectivity index (χ0v) is 12.8. The van der Waals surface area contributed by atoms with Gasteiger partial charge in [0.15, 0.2) is 11.6 Å². The van der Waals surface area contributed by atoms with Crippen molar-refractivity contribution in [2.45, 2.75) is 51.3 Å². The highest BCUT2D eigenvalue weighted by Crippen LogP contribution is 2.19. The van der Waals surface area contributed by atoms with Crippen LogP contribution in [0.15, 0.2) is 18.2 Å². The van der Waals surface area contributed by atoms with E-state index in [2.05, 4.69) is 4.72 Å². The number of hydrogen-bond acceptors (Lipinski definition) is 2. The van der Waals surface area contributed by atoms with Gasteiger partial charge in [-0.2, -0.15) is 0 Å². The third-order valence-electron chi connectivity index (χ3n) is 3.29. The van der Waals surface area contributed by atoms with Crippen LogP contribution in [0.3, 0.4) is 0 Å². The summed E-state index contributed by atoms with van der Waals surface area (Å²) in [6.07, 6.45) is 1.88. The van der Waals surface area contributed by atoms with Gasteiger partial charge in [0.2, 0.25) is 10.0 Å². The van der Waals surface area contributed by atoms with Crippen molar-refractivity contribution in [3.63, 3.8) is 0 Å². The minimum atomic E-state index is -3.47. The molecule has 3 nitrogen and oxygen atoms in total. The first-order chi connectivity index (χ1) is 9.31. The molecule has 1 N–H and O–H groups in total. The molecular weight excluding hydrogens is 284 g/mol. The maximum Gasteiger partial charge on any atom is 0.215 e. The summed E-state index contributed by atoms with van der Waals surface area (Å²) in [5.74, 6) is -1.92. The van der Waals surface area contributed by atoms with Crippen molar-refractivity contribution in [1.29, 1.82) is 0 Å². The number of rotatable bonds is 7. The number of halogens is 2. The van der Waals surface area contributed by atoms with Gasteiger partial charge in [-0.1, -0.05) is 26.3 Å². The van der Waals surface area contributed by atoms with Crippen LogP contribution >= 0.6 is 0 Å². The predicted octanol–water partition coefficient (Wildman–Crippen LogP) is 3.52. The van der Waals surface area contributed by atoms with Crippen LogP contribution in [0.2, 0.25) is 0 Å². The lowest BCUT2D eigenvalue weighted by atomic mass is 10.1. The van der Waals surface area contributed by atoms with Gasteiger partial charge in [0, 0.05) is 6.04 Å². The van der Waals surface area contributed by atoms with E-state index in [-0.39, 0.29) is 0 Å². The summed E-state index contributed by atoms with van der Waals surface area (Å²) in [7, 11) is -3.47. The highest BCUT2D eigenvalue weighted by Gasteiger charge is 2.25. The first-order valence-corrected chi connectivity index (χ1v) is 8.32. The first kappa shape index (κ1) is 17.0. The monoisotopic (exact) mass is 305 g/mol. The Morgan fingerprint density at radius 2 is 1.85 bits per heavy atom. The molecule has 1 aromatic carbocycles. The van der Waals surface area contributed by atoms with E-state index < -0.39 is 32.9 Å². The third kappa shape index (κ3) is 4.24. The highest BCUT2D eigenvalue weighted by molar-refractivity contribution is 7.90. The van der Waals surface area contributed by atoms with E-state index in [1.54, 1.807) is 6.92 Å². The van der Waals surface area contributed by atoms with Crippen LogP contribution in [0, 0.1) is 11.6 Å². The Balaban J connectivity index is 2.88. The second-order valence-electron chi connectivity index (χ2n) is 4.88. The maximum absolute atomic E-state index is 13.2. The van der Waals surface area contributed by atoms with Crippen LogP contribution in [-0.4, -0.2) is 13.7 Å². The lowest BCUT2D eigenvalue weighted by Gasteiger charge is -2.20. The molecular formula is C14H21F2NO2S. The van der Waals surface area contributed by atoms with Crippen molar-refractivity contribution in [2.75, 3.05) is 0 Å². The molecule has 0 saturated carbocycles. The molecule has 0 saturated heterocycles. The topological polar surface area (TPSA) is 46.2 Å². The summed E-state index contributed by atoms with van der Waals surface area (Å²) < 4.78 is 53.0. The predicted molar refractivity (Wildman–Crippen MR) is 75.8 cm³/mol. The maximum atomic E-state index is 13.2. The second-order valence-corrected chi connectivity index (χ2v) is 6.87. The van der Waals surface area contributed by atoms with Crippen LogP contribution in [0.5, 0.6) is 0 Å². The Morgan fingerprint density at radius 1 is 1.20 bits per heavy atom. The molecule has 0 unspecified atom stereocenters. The van der Waals surface area contributed by atoms with E-state index in [4.69, 9.17) is 0 Å². The Hall–Kier alpha value is -1.01. The largest absolute Gasteiger partial charge is 0.215 e. The molecule has 0 aliphatic rings. The fourth-order valence-electron chi connectivity index (χ4n) is 2.09. The zero-order chi connectivity index (χ0) is 15.3. The molecule has 0 amide bonds. The molecule has 0 aliphatic heterocycles. The number of sulfonamides is 1. The molecule has 1 rings (SSSR count). The molecule has 20 heavy (non-hydrogen) atoms. The molecule has 0 fully saturated rings. The molecule has 114 valence electrons. The van der Waals surface area contributed by atoms with Gasteiger partial charge in [0.05, 0.1) is 5.25 Å². The lowest BCUT2D eigenvalue weighted by Crippen LogP contribution is -2.35. The molecule has 6 heteroatoms. The van der Waals surface area contributed by atoms with E-state index in [0.717, 1.165) is 18.6 Å². The fourth-order valence-corrected chi connectivity index (χ4v) is 3.90. The van der Waals surface area contributed by atoms with Crippen LogP contribution < -0.4 is 4.72 Å². The van der Waals surface area contributed by atoms with Gasteiger partial charge in [0.1, 0.15) is 0 Å². The smallest absolute Gasteiger partial charge is 0.212 e. The van der Waals surface area contributed by atoms with Gasteiger partial charge in [-0.3, -0.25) is 0 Å². The third-order valence-corrected chi connectivity index (χ3v) is 5.42. The fraction of sp³-hybridized carbons (Fsp3) is 0.571. The van der Waals surface area contributed by atoms with E-state index >= 15 is 0 Å². The zero-order valence-electron chi connectivity index (χ0n) is 12.0. The highest BCUT2D eigenvalue weighted by atomic mass is 32.2. The van der Waals surface area contributed by atoms with Crippen molar-refractivity contribution < 1.29 is 17.2 Å². The van der Waals surface area contributed by atoms with Gasteiger partial charge in [0.25, 0.3) is 0 Å². The molecule has 0 radical (unpaired) electrons. The summed E-state index contributed by atoms with van der Waals surface area (Å²) in [6.45, 7) is 5.36. The SMILES string of the molecule is CCC[C@H](CC)S(=O)(=O)N[C@@H](C)c1ccc(F)c(F)c1. The average Bonchev–Trinajstić information content (AvgIpc) is 2.38. The first-order valence-electron chi connectivity index (χ1n) is 6.77. The van der Waals surface area contributed by atoms with Gasteiger partial charge in [-0.25, -0.2) is 21.9 Å². The standard InChI is InChI=1S/C14H21F2NO2S/c1-4-6-12(5-2)20(18,19)17-10(3)11-7-8-13(15)14(16)9-11/h7-10,12,17H,4-6H2,1-3H3/t10-,12-/m0/s1. The van der Waals surface area contributed by atoms with E-state index in [1.165, 1.54) is 6.07 Å². The summed E-state index contributed by atoms with van der Waals surface area (Å²) in [4.78, 5) is 0. The van der Waals surface area contributed by atoms with Gasteiger partial charge < -0.3 is 0 Å². The second kappa shape index (κ2) is 7.13. The van der Waals surface area contributed by atoms with Crippen LogP contribution in [0.25, 0.3) is 0 Å². The Labute approximate surface area is 119 Å². The number of nitrogens with one attached hydrogen (secondary N) is 1. The van der Waals surface area contributed by atoms with E-state index in [1.807, 2.05) is 13.8 Å². The number of benzene rings is 1. The Kier molecular flexibility index (Phi) is 6.07. The summed E-state index contributed by atoms with van der Waals surface area (Å²) in [5, 5.41) is -0.458. The quantitative estimate of drug-likeness (QED) is 0.837. The molecule has 1 aromatic rings. The van der Waals surface area contributed by atoms with Crippen molar-refractivity contribution >= 4 is 10.0 Å². The van der Waals surface area contributed by atoms with Crippen molar-refractivity contribution in [2.24, 2.45) is 0 Å². The minimum Gasteiger partial charge on any atom is -0.212 e. The summed E-state index contributed by atoms with van der Waals surface area (Å²) >= 11 is 0. The molecule has 0 bridgehead atoms. The van der Waals surface area contributed by atoms with Gasteiger partial charge >= 0.3 is 0 Å². The van der Waals surface area contributed by atoms with Crippen molar-refractivity contribution in [3.8, 4) is 0 Å². The van der Waals surface area contributed by atoms with Crippen molar-refractivity contribution in [3.05, 3.63) is 35.4 Å². The lowest BCUT2D eigenvalue weighted by molar-refractivity contribution is 0.503. The molecule has 0 spiro atoms. The van der Waals surface area contributed by atoms with Gasteiger partial charge in [-0.15, -0.1) is 0 Å². The molecule has 0 heterocycles. The Bertz CT molecular complexity index is 546. The molecule has 0 aromatic heterocycles. The number of hydrogen-bond donors (Lipinski definition) is 1. The minimum absolute atomic E-state index is 0.402. The van der Waals surface area contributed by atoms with Gasteiger partial charge in [-0.05, 0) is 37.5 Å².